The summed E-state index contributed by atoms with van der Waals surface area (Å²) >= 11 is 0. The molecule has 0 aliphatic rings. The predicted molar refractivity (Wildman–Crippen MR) is 122 cm³/mol. The highest BCUT2D eigenvalue weighted by Gasteiger charge is 2.03. The van der Waals surface area contributed by atoms with Crippen LogP contribution in [0.2, 0.25) is 0 Å². The van der Waals surface area contributed by atoms with Crippen molar-refractivity contribution in [2.24, 2.45) is 0 Å². The number of alkyl halides is 1. The first-order valence-corrected chi connectivity index (χ1v) is 10.2. The van der Waals surface area contributed by atoms with Crippen LogP contribution >= 0.6 is 0 Å². The Labute approximate surface area is 178 Å². The van der Waals surface area contributed by atoms with Crippen molar-refractivity contribution < 1.29 is 9.13 Å². The number of hydrogen-bond donors (Lipinski definition) is 0. The fourth-order valence-electron chi connectivity index (χ4n) is 3.04. The Morgan fingerprint density at radius 3 is 2.23 bits per heavy atom. The minimum Gasteiger partial charge on any atom is -0.472 e. The number of allylic oxidation sites excluding steroid dienone is 1. The number of halogens is 1. The van der Waals surface area contributed by atoms with E-state index in [9.17, 15) is 4.39 Å². The molecular formula is C26H27FN2O. The van der Waals surface area contributed by atoms with Gasteiger partial charge in [-0.05, 0) is 42.9 Å². The molecule has 0 spiro atoms. The van der Waals surface area contributed by atoms with Crippen LogP contribution in [0.25, 0.3) is 28.5 Å². The number of hydrogen-bond acceptors (Lipinski definition) is 3. The van der Waals surface area contributed by atoms with Crippen molar-refractivity contribution in [3.63, 3.8) is 0 Å². The summed E-state index contributed by atoms with van der Waals surface area (Å²) in [6.45, 7) is 5.64. The lowest BCUT2D eigenvalue weighted by Gasteiger charge is -2.06. The fraction of sp³-hybridized carbons (Fsp3) is 0.231. The van der Waals surface area contributed by atoms with Crippen molar-refractivity contribution in [3.05, 3.63) is 85.2 Å². The van der Waals surface area contributed by atoms with E-state index in [0.29, 0.717) is 18.9 Å². The van der Waals surface area contributed by atoms with Crippen molar-refractivity contribution >= 4 is 6.08 Å². The maximum absolute atomic E-state index is 12.8. The van der Waals surface area contributed by atoms with Crippen LogP contribution in [-0.2, 0) is 0 Å². The first kappa shape index (κ1) is 21.4. The van der Waals surface area contributed by atoms with Gasteiger partial charge in [0.25, 0.3) is 0 Å². The molecule has 2 aromatic carbocycles. The molecule has 0 amide bonds. The molecule has 0 aliphatic heterocycles. The summed E-state index contributed by atoms with van der Waals surface area (Å²) in [5, 5.41) is 0. The largest absolute Gasteiger partial charge is 0.472 e. The molecule has 1 heterocycles. The smallest absolute Gasteiger partial charge is 0.232 e. The minimum absolute atomic E-state index is 0.412. The van der Waals surface area contributed by atoms with Crippen molar-refractivity contribution in [1.82, 2.24) is 9.97 Å². The lowest BCUT2D eigenvalue weighted by molar-refractivity contribution is 0.335. The Kier molecular flexibility index (Phi) is 7.90. The van der Waals surface area contributed by atoms with E-state index in [4.69, 9.17) is 4.74 Å². The van der Waals surface area contributed by atoms with Gasteiger partial charge in [-0.1, -0.05) is 73.3 Å². The topological polar surface area (TPSA) is 35.0 Å². The second-order valence-electron chi connectivity index (χ2n) is 7.15. The molecule has 3 rings (SSSR count). The average Bonchev–Trinajstić information content (AvgIpc) is 2.78. The quantitative estimate of drug-likeness (QED) is 0.273. The Morgan fingerprint density at radius 1 is 0.967 bits per heavy atom. The average molecular weight is 403 g/mol. The third-order valence-electron chi connectivity index (χ3n) is 4.68. The van der Waals surface area contributed by atoms with Crippen LogP contribution in [0.15, 0.2) is 79.7 Å². The molecule has 0 bridgehead atoms. The number of rotatable bonds is 10. The third-order valence-corrected chi connectivity index (χ3v) is 4.68. The van der Waals surface area contributed by atoms with Crippen LogP contribution in [0.3, 0.4) is 0 Å². The van der Waals surface area contributed by atoms with Gasteiger partial charge in [-0.15, -0.1) is 0 Å². The zero-order chi connectivity index (χ0) is 21.2. The molecule has 0 fully saturated rings. The summed E-state index contributed by atoms with van der Waals surface area (Å²) in [7, 11) is 0. The molecule has 1 aromatic heterocycles. The van der Waals surface area contributed by atoms with Gasteiger partial charge >= 0.3 is 0 Å². The molecule has 3 nitrogen and oxygen atoms in total. The molecular weight excluding hydrogens is 375 g/mol. The summed E-state index contributed by atoms with van der Waals surface area (Å²) in [4.78, 5) is 8.69. The second-order valence-corrected chi connectivity index (χ2v) is 7.15. The summed E-state index contributed by atoms with van der Waals surface area (Å²) in [6, 6.07) is 16.7. The fourth-order valence-corrected chi connectivity index (χ4v) is 3.04. The van der Waals surface area contributed by atoms with Gasteiger partial charge in [-0.3, -0.25) is 0 Å². The van der Waals surface area contributed by atoms with Crippen LogP contribution in [0.5, 0.6) is 5.88 Å². The van der Waals surface area contributed by atoms with Crippen molar-refractivity contribution in [1.29, 1.82) is 0 Å². The van der Waals surface area contributed by atoms with Gasteiger partial charge in [0.05, 0.1) is 24.3 Å². The van der Waals surface area contributed by atoms with Crippen LogP contribution in [0.1, 0.15) is 31.7 Å². The zero-order valence-electron chi connectivity index (χ0n) is 17.3. The SMILES string of the molecule is C=CCOc1cnc(-c2ccc(-c3ccc(C=CCCCC(C)F)cc3)cc2)cn1. The van der Waals surface area contributed by atoms with Crippen LogP contribution < -0.4 is 4.74 Å². The predicted octanol–water partition coefficient (Wildman–Crippen LogP) is 6.92. The molecule has 1 unspecified atom stereocenters. The summed E-state index contributed by atoms with van der Waals surface area (Å²) in [5.74, 6) is 0.487. The van der Waals surface area contributed by atoms with Crippen molar-refractivity contribution in [3.8, 4) is 28.3 Å². The number of benzene rings is 2. The van der Waals surface area contributed by atoms with Gasteiger partial charge in [-0.25, -0.2) is 14.4 Å². The van der Waals surface area contributed by atoms with E-state index in [2.05, 4.69) is 65.1 Å². The summed E-state index contributed by atoms with van der Waals surface area (Å²) < 4.78 is 18.2. The van der Waals surface area contributed by atoms with E-state index >= 15 is 0 Å². The Morgan fingerprint density at radius 2 is 1.63 bits per heavy atom. The standard InChI is InChI=1S/C26H27FN2O/c1-3-17-30-26-19-28-25(18-29-26)24-15-13-23(14-16-24)22-11-9-21(10-12-22)8-6-4-5-7-20(2)27/h3,6,8-16,18-20H,1,4-5,7,17H2,2H3. The van der Waals surface area contributed by atoms with E-state index in [1.807, 2.05) is 12.1 Å². The Balaban J connectivity index is 1.60. The zero-order valence-corrected chi connectivity index (χ0v) is 17.3. The van der Waals surface area contributed by atoms with Gasteiger partial charge in [0.2, 0.25) is 5.88 Å². The summed E-state index contributed by atoms with van der Waals surface area (Å²) in [5.41, 5.74) is 5.26. The molecule has 3 aromatic rings. The lowest BCUT2D eigenvalue weighted by atomic mass is 10.0. The number of ether oxygens (including phenoxy) is 1. The highest BCUT2D eigenvalue weighted by atomic mass is 19.1. The molecule has 154 valence electrons. The van der Waals surface area contributed by atoms with Crippen molar-refractivity contribution in [2.75, 3.05) is 6.61 Å². The molecule has 0 saturated carbocycles. The molecule has 30 heavy (non-hydrogen) atoms. The first-order valence-electron chi connectivity index (χ1n) is 10.2. The second kappa shape index (κ2) is 11.1. The van der Waals surface area contributed by atoms with Gasteiger partial charge in [0.1, 0.15) is 6.61 Å². The van der Waals surface area contributed by atoms with Gasteiger partial charge < -0.3 is 4.74 Å². The maximum atomic E-state index is 12.8. The number of nitrogens with zero attached hydrogens (tertiary/aromatic N) is 2. The third kappa shape index (κ3) is 6.38. The molecule has 0 aliphatic carbocycles. The van der Waals surface area contributed by atoms with Crippen LogP contribution in [0, 0.1) is 0 Å². The van der Waals surface area contributed by atoms with Crippen LogP contribution in [0.4, 0.5) is 4.39 Å². The number of aromatic nitrogens is 2. The van der Waals surface area contributed by atoms with E-state index in [-0.39, 0.29) is 0 Å². The first-order chi connectivity index (χ1) is 14.7. The van der Waals surface area contributed by atoms with Gasteiger partial charge in [0, 0.05) is 5.56 Å². The van der Waals surface area contributed by atoms with Crippen LogP contribution in [-0.4, -0.2) is 22.7 Å². The molecule has 4 heteroatoms. The van der Waals surface area contributed by atoms with Gasteiger partial charge in [0.15, 0.2) is 0 Å². The monoisotopic (exact) mass is 402 g/mol. The highest BCUT2D eigenvalue weighted by Crippen LogP contribution is 2.24. The molecule has 0 saturated heterocycles. The van der Waals surface area contributed by atoms with E-state index in [1.165, 1.54) is 0 Å². The molecule has 0 N–H and O–H groups in total. The van der Waals surface area contributed by atoms with E-state index < -0.39 is 6.17 Å². The van der Waals surface area contributed by atoms with Crippen molar-refractivity contribution in [2.45, 2.75) is 32.4 Å². The summed E-state index contributed by atoms with van der Waals surface area (Å²) in [6.07, 6.45) is 10.9. The highest BCUT2D eigenvalue weighted by molar-refractivity contribution is 5.69. The minimum atomic E-state index is -0.716. The Bertz CT molecular complexity index is 946. The lowest BCUT2D eigenvalue weighted by Crippen LogP contribution is -1.96. The van der Waals surface area contributed by atoms with Gasteiger partial charge in [-0.2, -0.15) is 0 Å². The molecule has 0 radical (unpaired) electrons. The van der Waals surface area contributed by atoms with E-state index in [0.717, 1.165) is 40.8 Å². The maximum Gasteiger partial charge on any atom is 0.232 e. The normalized spacial score (nSPS) is 12.1. The Hall–Kier alpha value is -3.27. The van der Waals surface area contributed by atoms with E-state index in [1.54, 1.807) is 25.4 Å². The number of unbranched alkanes of at least 4 members (excludes halogenated alkanes) is 1. The molecule has 1 atom stereocenters.